The smallest absolute Gasteiger partial charge is 0.277 e. The first-order valence-corrected chi connectivity index (χ1v) is 5.52. The maximum atomic E-state index is 11.7. The molecule has 0 radical (unpaired) electrons. The van der Waals surface area contributed by atoms with Gasteiger partial charge in [-0.1, -0.05) is 0 Å². The van der Waals surface area contributed by atoms with Crippen molar-refractivity contribution in [3.8, 4) is 0 Å². The quantitative estimate of drug-likeness (QED) is 0.909. The van der Waals surface area contributed by atoms with E-state index in [-0.39, 0.29) is 11.6 Å². The normalized spacial score (nSPS) is 10.0. The molecular formula is C10H8BrN5O. The van der Waals surface area contributed by atoms with Crippen molar-refractivity contribution in [2.75, 3.05) is 5.32 Å². The van der Waals surface area contributed by atoms with E-state index in [0.29, 0.717) is 10.4 Å². The van der Waals surface area contributed by atoms with Crippen LogP contribution in [0, 0.1) is 6.92 Å². The third-order valence-electron chi connectivity index (χ3n) is 1.88. The number of carbonyl (C=O) groups excluding carboxylic acids is 1. The molecular weight excluding hydrogens is 286 g/mol. The van der Waals surface area contributed by atoms with E-state index < -0.39 is 0 Å². The van der Waals surface area contributed by atoms with Crippen LogP contribution in [0.2, 0.25) is 0 Å². The van der Waals surface area contributed by atoms with Crippen LogP contribution in [0.4, 0.5) is 5.82 Å². The highest BCUT2D eigenvalue weighted by molar-refractivity contribution is 9.10. The van der Waals surface area contributed by atoms with Gasteiger partial charge in [-0.3, -0.25) is 9.78 Å². The Morgan fingerprint density at radius 1 is 1.12 bits per heavy atom. The van der Waals surface area contributed by atoms with Crippen molar-refractivity contribution in [1.29, 1.82) is 0 Å². The second-order valence-electron chi connectivity index (χ2n) is 3.22. The van der Waals surface area contributed by atoms with Crippen molar-refractivity contribution in [3.05, 3.63) is 40.8 Å². The summed E-state index contributed by atoms with van der Waals surface area (Å²) in [5.74, 6) is -0.00491. The lowest BCUT2D eigenvalue weighted by atomic mass is 10.4. The zero-order chi connectivity index (χ0) is 12.3. The first kappa shape index (κ1) is 11.6. The van der Waals surface area contributed by atoms with Gasteiger partial charge >= 0.3 is 0 Å². The van der Waals surface area contributed by atoms with Gasteiger partial charge < -0.3 is 5.32 Å². The number of halogens is 1. The van der Waals surface area contributed by atoms with Crippen molar-refractivity contribution in [3.63, 3.8) is 0 Å². The third-order valence-corrected chi connectivity index (χ3v) is 2.29. The van der Waals surface area contributed by atoms with E-state index in [2.05, 4.69) is 41.2 Å². The highest BCUT2D eigenvalue weighted by atomic mass is 79.9. The molecule has 2 aromatic rings. The lowest BCUT2D eigenvalue weighted by Gasteiger charge is -2.02. The molecule has 1 amide bonds. The minimum Gasteiger partial charge on any atom is -0.304 e. The Balaban J connectivity index is 2.11. The lowest BCUT2D eigenvalue weighted by molar-refractivity contribution is 0.102. The molecule has 0 aliphatic carbocycles. The van der Waals surface area contributed by atoms with Crippen LogP contribution < -0.4 is 5.32 Å². The molecule has 17 heavy (non-hydrogen) atoms. The van der Waals surface area contributed by atoms with Gasteiger partial charge in [-0.05, 0) is 22.9 Å². The van der Waals surface area contributed by atoms with E-state index in [9.17, 15) is 4.79 Å². The Labute approximate surface area is 106 Å². The Bertz CT molecular complexity index is 525. The predicted octanol–water partition coefficient (Wildman–Crippen LogP) is 1.59. The summed E-state index contributed by atoms with van der Waals surface area (Å²) < 4.78 is 0.602. The van der Waals surface area contributed by atoms with Gasteiger partial charge in [0.15, 0.2) is 5.82 Å². The number of amides is 1. The van der Waals surface area contributed by atoms with E-state index in [0.717, 1.165) is 5.69 Å². The van der Waals surface area contributed by atoms with Crippen LogP contribution in [-0.4, -0.2) is 25.8 Å². The highest BCUT2D eigenvalue weighted by Gasteiger charge is 2.08. The average molecular weight is 294 g/mol. The average Bonchev–Trinajstić information content (AvgIpc) is 2.33. The van der Waals surface area contributed by atoms with E-state index in [4.69, 9.17) is 0 Å². The number of hydrogen-bond donors (Lipinski definition) is 1. The molecule has 0 unspecified atom stereocenters. The van der Waals surface area contributed by atoms with E-state index >= 15 is 0 Å². The van der Waals surface area contributed by atoms with Gasteiger partial charge in [-0.15, -0.1) is 0 Å². The molecule has 1 N–H and O–H groups in total. The SMILES string of the molecule is Cc1cnc(C(=O)Nc2cnc(Br)cn2)cn1. The molecule has 0 aromatic carbocycles. The van der Waals surface area contributed by atoms with Gasteiger partial charge in [0.1, 0.15) is 10.3 Å². The number of anilines is 1. The van der Waals surface area contributed by atoms with Crippen molar-refractivity contribution in [1.82, 2.24) is 19.9 Å². The number of carbonyl (C=O) groups is 1. The maximum absolute atomic E-state index is 11.7. The Morgan fingerprint density at radius 2 is 1.94 bits per heavy atom. The lowest BCUT2D eigenvalue weighted by Crippen LogP contribution is -2.15. The molecule has 0 atom stereocenters. The zero-order valence-corrected chi connectivity index (χ0v) is 10.5. The first-order chi connectivity index (χ1) is 8.15. The summed E-state index contributed by atoms with van der Waals surface area (Å²) in [6, 6.07) is 0. The Morgan fingerprint density at radius 3 is 2.53 bits per heavy atom. The molecule has 0 aliphatic rings. The first-order valence-electron chi connectivity index (χ1n) is 4.73. The maximum Gasteiger partial charge on any atom is 0.277 e. The monoisotopic (exact) mass is 293 g/mol. The topological polar surface area (TPSA) is 80.7 Å². The van der Waals surface area contributed by atoms with E-state index in [1.807, 2.05) is 0 Å². The van der Waals surface area contributed by atoms with Crippen LogP contribution >= 0.6 is 15.9 Å². The van der Waals surface area contributed by atoms with Gasteiger partial charge in [-0.25, -0.2) is 15.0 Å². The van der Waals surface area contributed by atoms with Gasteiger partial charge in [0.25, 0.3) is 5.91 Å². The molecule has 0 bridgehead atoms. The number of rotatable bonds is 2. The molecule has 86 valence electrons. The van der Waals surface area contributed by atoms with Crippen molar-refractivity contribution < 1.29 is 4.79 Å². The second-order valence-corrected chi connectivity index (χ2v) is 4.03. The summed E-state index contributed by atoms with van der Waals surface area (Å²) in [5, 5.41) is 2.57. The number of nitrogens with zero attached hydrogens (tertiary/aromatic N) is 4. The zero-order valence-electron chi connectivity index (χ0n) is 8.88. The van der Waals surface area contributed by atoms with Gasteiger partial charge in [0.05, 0.1) is 24.3 Å². The van der Waals surface area contributed by atoms with Gasteiger partial charge in [0.2, 0.25) is 0 Å². The molecule has 6 nitrogen and oxygen atoms in total. The molecule has 7 heteroatoms. The summed E-state index contributed by atoms with van der Waals surface area (Å²) in [4.78, 5) is 27.6. The number of nitrogens with one attached hydrogen (secondary N) is 1. The standard InChI is InChI=1S/C10H8BrN5O/c1-6-2-13-7(3-12-6)10(17)16-9-5-14-8(11)4-15-9/h2-5H,1H3,(H,15,16,17). The molecule has 0 saturated heterocycles. The van der Waals surface area contributed by atoms with Crippen LogP contribution in [0.3, 0.4) is 0 Å². The fourth-order valence-electron chi connectivity index (χ4n) is 1.07. The predicted molar refractivity (Wildman–Crippen MR) is 64.5 cm³/mol. The summed E-state index contributed by atoms with van der Waals surface area (Å²) in [6.45, 7) is 1.80. The minimum absolute atomic E-state index is 0.236. The van der Waals surface area contributed by atoms with Crippen LogP contribution in [0.1, 0.15) is 16.2 Å². The van der Waals surface area contributed by atoms with Gasteiger partial charge in [0, 0.05) is 6.20 Å². The Kier molecular flexibility index (Phi) is 3.38. The summed E-state index contributed by atoms with van der Waals surface area (Å²) in [7, 11) is 0. The molecule has 0 aliphatic heterocycles. The van der Waals surface area contributed by atoms with E-state index in [1.165, 1.54) is 24.8 Å². The molecule has 2 heterocycles. The van der Waals surface area contributed by atoms with Crippen LogP contribution in [0.5, 0.6) is 0 Å². The number of hydrogen-bond acceptors (Lipinski definition) is 5. The van der Waals surface area contributed by atoms with Gasteiger partial charge in [-0.2, -0.15) is 0 Å². The highest BCUT2D eigenvalue weighted by Crippen LogP contribution is 2.07. The molecule has 0 spiro atoms. The number of aromatic nitrogens is 4. The Hall–Kier alpha value is -1.89. The van der Waals surface area contributed by atoms with E-state index in [1.54, 1.807) is 6.92 Å². The molecule has 2 rings (SSSR count). The molecule has 0 saturated carbocycles. The third kappa shape index (κ3) is 3.04. The summed E-state index contributed by atoms with van der Waals surface area (Å²) in [6.07, 6.45) is 5.89. The van der Waals surface area contributed by atoms with Crippen molar-refractivity contribution in [2.24, 2.45) is 0 Å². The summed E-state index contributed by atoms with van der Waals surface area (Å²) >= 11 is 3.16. The molecule has 2 aromatic heterocycles. The number of aryl methyl sites for hydroxylation is 1. The van der Waals surface area contributed by atoms with Crippen LogP contribution in [0.15, 0.2) is 29.4 Å². The largest absolute Gasteiger partial charge is 0.304 e. The fourth-order valence-corrected chi connectivity index (χ4v) is 1.27. The van der Waals surface area contributed by atoms with Crippen molar-refractivity contribution >= 4 is 27.7 Å². The minimum atomic E-state index is -0.367. The fraction of sp³-hybridized carbons (Fsp3) is 0.100. The second kappa shape index (κ2) is 4.96. The summed E-state index contributed by atoms with van der Waals surface area (Å²) in [5.41, 5.74) is 0.991. The van der Waals surface area contributed by atoms with Crippen LogP contribution in [-0.2, 0) is 0 Å². The molecule has 0 fully saturated rings. The van der Waals surface area contributed by atoms with Crippen molar-refractivity contribution in [2.45, 2.75) is 6.92 Å². The van der Waals surface area contributed by atoms with Crippen LogP contribution in [0.25, 0.3) is 0 Å².